The van der Waals surface area contributed by atoms with Crippen LogP contribution in [0.1, 0.15) is 33.1 Å². The first-order chi connectivity index (χ1) is 7.65. The molecule has 0 amide bonds. The minimum absolute atomic E-state index is 0.469. The van der Waals surface area contributed by atoms with E-state index in [1.165, 1.54) is 19.3 Å². The van der Waals surface area contributed by atoms with Crippen LogP contribution in [0.4, 0.5) is 11.6 Å². The molecule has 4 heteroatoms. The standard InChI is InChI=1S/C12H20N4/c1-8-3-4-10(7-9(8)2)14-12-6-5-11(13)15-16-12/h5-6,8-10H,3-4,7H2,1-2H3,(H2,13,15)(H,14,16). The van der Waals surface area contributed by atoms with Crippen molar-refractivity contribution in [1.82, 2.24) is 10.2 Å². The highest BCUT2D eigenvalue weighted by Gasteiger charge is 2.24. The van der Waals surface area contributed by atoms with Crippen LogP contribution in [0.5, 0.6) is 0 Å². The van der Waals surface area contributed by atoms with E-state index in [9.17, 15) is 0 Å². The molecule has 1 aromatic rings. The molecule has 1 aliphatic carbocycles. The molecule has 16 heavy (non-hydrogen) atoms. The van der Waals surface area contributed by atoms with Crippen molar-refractivity contribution in [2.24, 2.45) is 11.8 Å². The van der Waals surface area contributed by atoms with Crippen LogP contribution in [0, 0.1) is 11.8 Å². The minimum Gasteiger partial charge on any atom is -0.382 e. The molecule has 0 aliphatic heterocycles. The largest absolute Gasteiger partial charge is 0.382 e. The Morgan fingerprint density at radius 1 is 1.19 bits per heavy atom. The van der Waals surface area contributed by atoms with Crippen molar-refractivity contribution in [3.05, 3.63) is 12.1 Å². The average molecular weight is 220 g/mol. The number of nitrogen functional groups attached to an aromatic ring is 1. The Kier molecular flexibility index (Phi) is 3.27. The van der Waals surface area contributed by atoms with Crippen molar-refractivity contribution >= 4 is 11.6 Å². The highest BCUT2D eigenvalue weighted by Crippen LogP contribution is 2.30. The Morgan fingerprint density at radius 3 is 2.62 bits per heavy atom. The molecule has 3 N–H and O–H groups in total. The maximum absolute atomic E-state index is 5.50. The molecule has 3 unspecified atom stereocenters. The number of hydrogen-bond donors (Lipinski definition) is 2. The molecule has 4 nitrogen and oxygen atoms in total. The van der Waals surface area contributed by atoms with Crippen molar-refractivity contribution < 1.29 is 0 Å². The van der Waals surface area contributed by atoms with Gasteiger partial charge in [-0.1, -0.05) is 13.8 Å². The number of aromatic nitrogens is 2. The van der Waals surface area contributed by atoms with Gasteiger partial charge >= 0.3 is 0 Å². The second kappa shape index (κ2) is 4.68. The van der Waals surface area contributed by atoms with Crippen molar-refractivity contribution in [3.63, 3.8) is 0 Å². The minimum atomic E-state index is 0.469. The van der Waals surface area contributed by atoms with Crippen LogP contribution >= 0.6 is 0 Å². The molecule has 0 saturated heterocycles. The number of rotatable bonds is 2. The zero-order valence-electron chi connectivity index (χ0n) is 9.98. The second-order valence-corrected chi connectivity index (χ2v) is 4.95. The van der Waals surface area contributed by atoms with Gasteiger partial charge in [0.2, 0.25) is 0 Å². The van der Waals surface area contributed by atoms with Gasteiger partial charge in [-0.3, -0.25) is 0 Å². The van der Waals surface area contributed by atoms with Gasteiger partial charge in [0.15, 0.2) is 0 Å². The molecule has 2 rings (SSSR count). The second-order valence-electron chi connectivity index (χ2n) is 4.95. The van der Waals surface area contributed by atoms with Gasteiger partial charge in [0.1, 0.15) is 11.6 Å². The fourth-order valence-corrected chi connectivity index (χ4v) is 2.31. The summed E-state index contributed by atoms with van der Waals surface area (Å²) in [6, 6.07) is 4.21. The monoisotopic (exact) mass is 220 g/mol. The Hall–Kier alpha value is -1.32. The summed E-state index contributed by atoms with van der Waals surface area (Å²) in [5, 5.41) is 11.3. The molecule has 0 spiro atoms. The molecule has 1 fully saturated rings. The van der Waals surface area contributed by atoms with Crippen molar-refractivity contribution in [2.75, 3.05) is 11.1 Å². The topological polar surface area (TPSA) is 63.8 Å². The Bertz CT molecular complexity index is 335. The van der Waals surface area contributed by atoms with Crippen molar-refractivity contribution in [3.8, 4) is 0 Å². The van der Waals surface area contributed by atoms with Crippen molar-refractivity contribution in [1.29, 1.82) is 0 Å². The van der Waals surface area contributed by atoms with Crippen LogP contribution in [0.15, 0.2) is 12.1 Å². The van der Waals surface area contributed by atoms with E-state index in [1.807, 2.05) is 6.07 Å². The molecule has 0 radical (unpaired) electrons. The summed E-state index contributed by atoms with van der Waals surface area (Å²) < 4.78 is 0. The smallest absolute Gasteiger partial charge is 0.149 e. The lowest BCUT2D eigenvalue weighted by atomic mass is 9.79. The molecule has 1 saturated carbocycles. The van der Waals surface area contributed by atoms with E-state index in [0.717, 1.165) is 17.7 Å². The van der Waals surface area contributed by atoms with Gasteiger partial charge in [0.25, 0.3) is 0 Å². The zero-order chi connectivity index (χ0) is 11.5. The third-order valence-corrected chi connectivity index (χ3v) is 3.64. The highest BCUT2D eigenvalue weighted by molar-refractivity contribution is 5.39. The first kappa shape index (κ1) is 11.2. The normalized spacial score (nSPS) is 30.0. The molecule has 3 atom stereocenters. The van der Waals surface area contributed by atoms with Gasteiger partial charge in [0.05, 0.1) is 0 Å². The van der Waals surface area contributed by atoms with Crippen LogP contribution in [-0.2, 0) is 0 Å². The maximum Gasteiger partial charge on any atom is 0.149 e. The van der Waals surface area contributed by atoms with Crippen LogP contribution < -0.4 is 11.1 Å². The van der Waals surface area contributed by atoms with E-state index in [2.05, 4.69) is 29.4 Å². The lowest BCUT2D eigenvalue weighted by Crippen LogP contribution is -2.30. The average Bonchev–Trinajstić information content (AvgIpc) is 2.27. The third-order valence-electron chi connectivity index (χ3n) is 3.64. The number of anilines is 2. The Morgan fingerprint density at radius 2 is 2.00 bits per heavy atom. The molecule has 0 aromatic carbocycles. The van der Waals surface area contributed by atoms with Crippen LogP contribution in [0.3, 0.4) is 0 Å². The van der Waals surface area contributed by atoms with E-state index < -0.39 is 0 Å². The van der Waals surface area contributed by atoms with E-state index >= 15 is 0 Å². The summed E-state index contributed by atoms with van der Waals surface area (Å²) >= 11 is 0. The van der Waals surface area contributed by atoms with Gasteiger partial charge in [0, 0.05) is 6.04 Å². The molecule has 1 aromatic heterocycles. The van der Waals surface area contributed by atoms with Crippen LogP contribution in [0.2, 0.25) is 0 Å². The first-order valence-electron chi connectivity index (χ1n) is 6.01. The summed E-state index contributed by atoms with van der Waals surface area (Å²) in [6.07, 6.45) is 3.73. The van der Waals surface area contributed by atoms with E-state index in [0.29, 0.717) is 11.9 Å². The van der Waals surface area contributed by atoms with Crippen molar-refractivity contribution in [2.45, 2.75) is 39.2 Å². The number of nitrogens with one attached hydrogen (secondary N) is 1. The van der Waals surface area contributed by atoms with E-state index in [1.54, 1.807) is 6.07 Å². The summed E-state index contributed by atoms with van der Waals surface area (Å²) in [6.45, 7) is 4.66. The fourth-order valence-electron chi connectivity index (χ4n) is 2.31. The number of nitrogens with two attached hydrogens (primary N) is 1. The van der Waals surface area contributed by atoms with Gasteiger partial charge in [-0.25, -0.2) is 0 Å². The van der Waals surface area contributed by atoms with Gasteiger partial charge in [-0.15, -0.1) is 10.2 Å². The highest BCUT2D eigenvalue weighted by atomic mass is 15.2. The predicted octanol–water partition coefficient (Wildman–Crippen LogP) is 2.30. The zero-order valence-corrected chi connectivity index (χ0v) is 9.98. The molecule has 88 valence electrons. The maximum atomic E-state index is 5.50. The SMILES string of the molecule is CC1CCC(Nc2ccc(N)nn2)CC1C. The summed E-state index contributed by atoms with van der Waals surface area (Å²) in [4.78, 5) is 0. The third kappa shape index (κ3) is 2.62. The first-order valence-corrected chi connectivity index (χ1v) is 6.01. The molecule has 1 aliphatic rings. The number of nitrogens with zero attached hydrogens (tertiary/aromatic N) is 2. The Balaban J connectivity index is 1.93. The summed E-state index contributed by atoms with van der Waals surface area (Å²) in [5.41, 5.74) is 5.50. The van der Waals surface area contributed by atoms with Gasteiger partial charge in [-0.05, 0) is 43.2 Å². The summed E-state index contributed by atoms with van der Waals surface area (Å²) in [7, 11) is 0. The predicted molar refractivity (Wildman–Crippen MR) is 66.0 cm³/mol. The van der Waals surface area contributed by atoms with E-state index in [-0.39, 0.29) is 0 Å². The van der Waals surface area contributed by atoms with E-state index in [4.69, 9.17) is 5.73 Å². The van der Waals surface area contributed by atoms with Crippen LogP contribution in [-0.4, -0.2) is 16.2 Å². The fraction of sp³-hybridized carbons (Fsp3) is 0.667. The lowest BCUT2D eigenvalue weighted by molar-refractivity contribution is 0.260. The quantitative estimate of drug-likeness (QED) is 0.802. The molecular weight excluding hydrogens is 200 g/mol. The molecule has 1 heterocycles. The van der Waals surface area contributed by atoms with Gasteiger partial charge < -0.3 is 11.1 Å². The summed E-state index contributed by atoms with van der Waals surface area (Å²) in [5.74, 6) is 2.93. The molecule has 0 bridgehead atoms. The van der Waals surface area contributed by atoms with Gasteiger partial charge in [-0.2, -0.15) is 0 Å². The lowest BCUT2D eigenvalue weighted by Gasteiger charge is -2.32. The number of hydrogen-bond acceptors (Lipinski definition) is 4. The molecular formula is C12H20N4. The van der Waals surface area contributed by atoms with Crippen LogP contribution in [0.25, 0.3) is 0 Å². The Labute approximate surface area is 96.6 Å².